The summed E-state index contributed by atoms with van der Waals surface area (Å²) >= 11 is 0. The molecule has 1 aromatic heterocycles. The molecule has 58 heavy (non-hydrogen) atoms. The maximum Gasteiger partial charge on any atom is 0.179 e. The van der Waals surface area contributed by atoms with Crippen LogP contribution in [0.2, 0.25) is 0 Å². The zero-order chi connectivity index (χ0) is 49.5. The zero-order valence-corrected chi connectivity index (χ0v) is 32.0. The lowest BCUT2D eigenvalue weighted by Crippen LogP contribution is -2.75. The van der Waals surface area contributed by atoms with Crippen molar-refractivity contribution in [1.82, 2.24) is 4.57 Å². The van der Waals surface area contributed by atoms with E-state index >= 15 is 0 Å². The summed E-state index contributed by atoms with van der Waals surface area (Å²) in [5.41, 5.74) is 7.25. The maximum atomic E-state index is 9.44. The monoisotopic (exact) mass is 766 g/mol. The van der Waals surface area contributed by atoms with Crippen LogP contribution >= 0.6 is 0 Å². The van der Waals surface area contributed by atoms with Crippen LogP contribution in [0.5, 0.6) is 0 Å². The van der Waals surface area contributed by atoms with Crippen molar-refractivity contribution in [1.29, 1.82) is 0 Å². The Balaban J connectivity index is 1.23. The molecule has 3 aliphatic carbocycles. The number of aromatic nitrogens is 1. The molecule has 0 radical (unpaired) electrons. The molecule has 9 aromatic carbocycles. The van der Waals surface area contributed by atoms with Gasteiger partial charge in [0.1, 0.15) is 0 Å². The van der Waals surface area contributed by atoms with Gasteiger partial charge in [-0.2, -0.15) is 0 Å². The smallest absolute Gasteiger partial charge is 0.179 e. The highest BCUT2D eigenvalue weighted by Gasteiger charge is 2.50. The molecule has 10 aromatic rings. The van der Waals surface area contributed by atoms with Gasteiger partial charge in [0, 0.05) is 22.6 Å². The van der Waals surface area contributed by atoms with Gasteiger partial charge in [0.15, 0.2) is 8.07 Å². The third kappa shape index (κ3) is 4.64. The highest BCUT2D eigenvalue weighted by Crippen LogP contribution is 2.57. The quantitative estimate of drug-likeness (QED) is 0.117. The van der Waals surface area contributed by atoms with Crippen molar-refractivity contribution in [2.45, 2.75) is 11.8 Å². The standard InChI is InChI=1S/C56H39NSi/c1-4-19-38(20-5-1)39-21-16-26-42(37-39)58(40-22-6-2-7-23-40,41-24-8-3-9-25-41)52-36-18-32-48-53-45-29-10-11-30-46(45)56(55(48)52)54-47(53)31-17-35-51(54)57-49-33-14-12-27-43(49)44-28-13-15-34-50(44)57/h1-37,53,56H/i1D,4D,5D,12D,13D,14D,15D,19D,20D,27D,28D,33D,34D. The van der Waals surface area contributed by atoms with Gasteiger partial charge in [-0.1, -0.05) is 206 Å². The highest BCUT2D eigenvalue weighted by molar-refractivity contribution is 7.20. The highest BCUT2D eigenvalue weighted by atomic mass is 28.3. The number of para-hydroxylation sites is 2. The normalized spacial score (nSPS) is 18.4. The Bertz CT molecular complexity index is 3800. The number of rotatable bonds is 6. The number of hydrogen-bond donors (Lipinski definition) is 0. The van der Waals surface area contributed by atoms with Crippen LogP contribution in [0.25, 0.3) is 38.6 Å². The van der Waals surface area contributed by atoms with Crippen LogP contribution in [0.15, 0.2) is 224 Å². The molecule has 272 valence electrons. The van der Waals surface area contributed by atoms with Crippen molar-refractivity contribution in [3.63, 3.8) is 0 Å². The number of benzene rings is 9. The van der Waals surface area contributed by atoms with E-state index in [9.17, 15) is 5.48 Å². The molecule has 0 N–H and O–H groups in total. The molecule has 2 heteroatoms. The van der Waals surface area contributed by atoms with Crippen LogP contribution in [-0.2, 0) is 0 Å². The van der Waals surface area contributed by atoms with E-state index in [0.29, 0.717) is 11.3 Å². The maximum absolute atomic E-state index is 9.44. The van der Waals surface area contributed by atoms with Crippen molar-refractivity contribution in [3.8, 4) is 16.8 Å². The average molecular weight is 767 g/mol. The molecule has 1 nitrogen and oxygen atoms in total. The van der Waals surface area contributed by atoms with Gasteiger partial charge >= 0.3 is 0 Å². The lowest BCUT2D eigenvalue weighted by atomic mass is 9.60. The molecule has 13 rings (SSSR count). The predicted molar refractivity (Wildman–Crippen MR) is 245 cm³/mol. The summed E-state index contributed by atoms with van der Waals surface area (Å²) in [6, 6.07) is 43.6. The Hall–Kier alpha value is -7.00. The first-order valence-electron chi connectivity index (χ1n) is 25.9. The second-order valence-corrected chi connectivity index (χ2v) is 18.7. The molecule has 0 saturated heterocycles. The molecular weight excluding hydrogens is 715 g/mol. The van der Waals surface area contributed by atoms with Gasteiger partial charge in [-0.15, -0.1) is 0 Å². The minimum atomic E-state index is -3.59. The van der Waals surface area contributed by atoms with Gasteiger partial charge in [-0.25, -0.2) is 0 Å². The van der Waals surface area contributed by atoms with E-state index in [4.69, 9.17) is 12.3 Å². The molecule has 0 amide bonds. The molecule has 2 bridgehead atoms. The molecule has 0 aliphatic heterocycles. The van der Waals surface area contributed by atoms with Crippen LogP contribution in [-0.4, -0.2) is 12.6 Å². The van der Waals surface area contributed by atoms with E-state index in [2.05, 4.69) is 66.7 Å². The second-order valence-electron chi connectivity index (χ2n) is 14.9. The van der Waals surface area contributed by atoms with Gasteiger partial charge in [-0.05, 0) is 83.4 Å². The summed E-state index contributed by atoms with van der Waals surface area (Å²) < 4.78 is 118. The minimum absolute atomic E-state index is 0.0108. The van der Waals surface area contributed by atoms with Crippen molar-refractivity contribution in [2.24, 2.45) is 0 Å². The number of hydrogen-bond acceptors (Lipinski definition) is 0. The summed E-state index contributed by atoms with van der Waals surface area (Å²) in [5, 5.41) is 4.05. The van der Waals surface area contributed by atoms with E-state index in [1.807, 2.05) is 72.8 Å². The van der Waals surface area contributed by atoms with Gasteiger partial charge in [0.05, 0.1) is 34.5 Å². The molecule has 3 aliphatic rings. The molecule has 1 heterocycles. The van der Waals surface area contributed by atoms with E-state index in [-0.39, 0.29) is 57.5 Å². The summed E-state index contributed by atoms with van der Waals surface area (Å²) in [6.07, 6.45) is 0. The van der Waals surface area contributed by atoms with E-state index < -0.39 is 68.4 Å². The molecule has 0 spiro atoms. The first-order valence-corrected chi connectivity index (χ1v) is 21.4. The summed E-state index contributed by atoms with van der Waals surface area (Å²) in [5.74, 6) is -0.844. The van der Waals surface area contributed by atoms with Crippen molar-refractivity contribution in [3.05, 3.63) is 258 Å². The number of fused-ring (bicyclic) bond motifs is 3. The van der Waals surface area contributed by atoms with Crippen LogP contribution in [0.3, 0.4) is 0 Å². The van der Waals surface area contributed by atoms with Crippen LogP contribution in [0.4, 0.5) is 0 Å². The average Bonchev–Trinajstić information content (AvgIpc) is 3.77. The fraction of sp³-hybridized carbons (Fsp3) is 0.0357. The molecular formula is C56H39NSi. The summed E-state index contributed by atoms with van der Waals surface area (Å²) in [4.78, 5) is 0. The third-order valence-corrected chi connectivity index (χ3v) is 17.1. The Morgan fingerprint density at radius 3 is 1.59 bits per heavy atom. The van der Waals surface area contributed by atoms with E-state index in [1.165, 1.54) is 0 Å². The lowest BCUT2D eigenvalue weighted by molar-refractivity contribution is 0.752. The first-order chi connectivity index (χ1) is 34.2. The molecule has 0 fully saturated rings. The Morgan fingerprint density at radius 1 is 0.397 bits per heavy atom. The van der Waals surface area contributed by atoms with Crippen molar-refractivity contribution in [2.75, 3.05) is 0 Å². The fourth-order valence-electron chi connectivity index (χ4n) is 10.1. The molecule has 0 saturated carbocycles. The topological polar surface area (TPSA) is 4.93 Å². The Labute approximate surface area is 358 Å². The van der Waals surface area contributed by atoms with Gasteiger partial charge in [0.25, 0.3) is 0 Å². The van der Waals surface area contributed by atoms with Crippen LogP contribution < -0.4 is 20.7 Å². The van der Waals surface area contributed by atoms with Crippen LogP contribution in [0.1, 0.15) is 63.0 Å². The number of nitrogens with zero attached hydrogens (tertiary/aromatic N) is 1. The van der Waals surface area contributed by atoms with Crippen molar-refractivity contribution >= 4 is 50.6 Å². The molecule has 2 unspecified atom stereocenters. The lowest BCUT2D eigenvalue weighted by Gasteiger charge is -2.47. The van der Waals surface area contributed by atoms with Crippen molar-refractivity contribution < 1.29 is 17.8 Å². The van der Waals surface area contributed by atoms with Gasteiger partial charge in [-0.3, -0.25) is 0 Å². The summed E-state index contributed by atoms with van der Waals surface area (Å²) in [7, 11) is -3.59. The largest absolute Gasteiger partial charge is 0.309 e. The second kappa shape index (κ2) is 13.0. The zero-order valence-electron chi connectivity index (χ0n) is 44.0. The van der Waals surface area contributed by atoms with Gasteiger partial charge < -0.3 is 4.57 Å². The molecule has 2 atom stereocenters. The first kappa shape index (κ1) is 22.7. The third-order valence-electron chi connectivity index (χ3n) is 12.2. The Kier molecular flexibility index (Phi) is 5.09. The van der Waals surface area contributed by atoms with E-state index in [0.717, 1.165) is 54.1 Å². The minimum Gasteiger partial charge on any atom is -0.309 e. The SMILES string of the molecule is [2H]c1c([2H])c([2H])c(-c2cccc([Si](c3ccccc3)(c3ccccc3)c3cccc4c3C3c5ccccc5C4c4cccc(-n5c6c([2H])c([2H])c([2H])c([2H])c6c6c([2H])c([2H])c([2H])c([2H])c65)c43)c2)c([2H])c1[2H]. The van der Waals surface area contributed by atoms with Gasteiger partial charge in [0.2, 0.25) is 0 Å². The predicted octanol–water partition coefficient (Wildman–Crippen LogP) is 10.8. The Morgan fingerprint density at radius 2 is 0.914 bits per heavy atom. The van der Waals surface area contributed by atoms with E-state index in [1.54, 1.807) is 10.6 Å². The fourth-order valence-corrected chi connectivity index (χ4v) is 15.2. The summed E-state index contributed by atoms with van der Waals surface area (Å²) in [6.45, 7) is 0. The van der Waals surface area contributed by atoms with Crippen LogP contribution in [0, 0.1) is 0 Å².